The summed E-state index contributed by atoms with van der Waals surface area (Å²) in [5.74, 6) is 0.289. The second-order valence-electron chi connectivity index (χ2n) is 3.56. The number of rotatable bonds is 2. The molecule has 14 heavy (non-hydrogen) atoms. The minimum atomic E-state index is -3.12. The van der Waals surface area contributed by atoms with Crippen LogP contribution in [0.25, 0.3) is 0 Å². The Labute approximate surface area is 82.7 Å². The first-order valence-electron chi connectivity index (χ1n) is 4.45. The van der Waals surface area contributed by atoms with Crippen LogP contribution in [0.4, 0.5) is 8.78 Å². The molecule has 78 valence electrons. The molecule has 0 aliphatic heterocycles. The van der Waals surface area contributed by atoms with Crippen molar-refractivity contribution in [1.82, 2.24) is 0 Å². The average molecular weight is 200 g/mol. The van der Waals surface area contributed by atoms with E-state index in [4.69, 9.17) is 0 Å². The van der Waals surface area contributed by atoms with Crippen LogP contribution in [0, 0.1) is 20.8 Å². The summed E-state index contributed by atoms with van der Waals surface area (Å²) in [5.41, 5.74) is 2.45. The highest BCUT2D eigenvalue weighted by molar-refractivity contribution is 5.44. The maximum atomic E-state index is 12.7. The van der Waals surface area contributed by atoms with Gasteiger partial charge in [-0.15, -0.1) is 0 Å². The monoisotopic (exact) mass is 200 g/mol. The fourth-order valence-corrected chi connectivity index (χ4v) is 1.26. The van der Waals surface area contributed by atoms with Gasteiger partial charge >= 0.3 is 6.11 Å². The van der Waals surface area contributed by atoms with Gasteiger partial charge in [-0.2, -0.15) is 8.78 Å². The normalized spacial score (nSPS) is 11.6. The number of benzene rings is 1. The van der Waals surface area contributed by atoms with Crippen molar-refractivity contribution >= 4 is 0 Å². The fourth-order valence-electron chi connectivity index (χ4n) is 1.26. The lowest BCUT2D eigenvalue weighted by Gasteiger charge is -2.18. The molecular weight excluding hydrogens is 186 g/mol. The van der Waals surface area contributed by atoms with Gasteiger partial charge in [-0.25, -0.2) is 0 Å². The van der Waals surface area contributed by atoms with Crippen molar-refractivity contribution in [2.75, 3.05) is 0 Å². The van der Waals surface area contributed by atoms with Gasteiger partial charge in [0, 0.05) is 6.92 Å². The van der Waals surface area contributed by atoms with E-state index in [1.165, 1.54) is 0 Å². The molecule has 0 radical (unpaired) electrons. The lowest BCUT2D eigenvalue weighted by atomic mass is 10.1. The van der Waals surface area contributed by atoms with Gasteiger partial charge in [-0.05, 0) is 37.5 Å². The molecule has 3 heteroatoms. The third-order valence-corrected chi connectivity index (χ3v) is 2.15. The summed E-state index contributed by atoms with van der Waals surface area (Å²) in [6, 6.07) is 3.68. The summed E-state index contributed by atoms with van der Waals surface area (Å²) in [5, 5.41) is 0. The summed E-state index contributed by atoms with van der Waals surface area (Å²) < 4.78 is 30.0. The molecule has 0 saturated carbocycles. The Hall–Kier alpha value is -1.12. The maximum Gasteiger partial charge on any atom is 0.394 e. The van der Waals surface area contributed by atoms with Gasteiger partial charge in [-0.1, -0.05) is 12.1 Å². The lowest BCUT2D eigenvalue weighted by Crippen LogP contribution is -2.20. The van der Waals surface area contributed by atoms with Gasteiger partial charge in [0.25, 0.3) is 0 Å². The molecule has 0 spiro atoms. The van der Waals surface area contributed by atoms with E-state index in [1.807, 2.05) is 13.0 Å². The summed E-state index contributed by atoms with van der Waals surface area (Å²) in [4.78, 5) is 0. The topological polar surface area (TPSA) is 9.23 Å². The number of aryl methyl sites for hydroxylation is 2. The van der Waals surface area contributed by atoms with Crippen molar-refractivity contribution in [3.63, 3.8) is 0 Å². The van der Waals surface area contributed by atoms with E-state index in [1.54, 1.807) is 19.9 Å². The van der Waals surface area contributed by atoms with Crippen LogP contribution in [0.2, 0.25) is 0 Å². The maximum absolute atomic E-state index is 12.7. The third kappa shape index (κ3) is 2.44. The van der Waals surface area contributed by atoms with Crippen molar-refractivity contribution in [1.29, 1.82) is 0 Å². The van der Waals surface area contributed by atoms with Crippen LogP contribution in [0.15, 0.2) is 12.1 Å². The molecule has 0 atom stereocenters. The minimum Gasteiger partial charge on any atom is -0.432 e. The zero-order valence-electron chi connectivity index (χ0n) is 8.82. The second kappa shape index (κ2) is 3.56. The number of hydrogen-bond acceptors (Lipinski definition) is 1. The Morgan fingerprint density at radius 1 is 1.07 bits per heavy atom. The summed E-state index contributed by atoms with van der Waals surface area (Å²) in [7, 11) is 0. The number of hydrogen-bond donors (Lipinski definition) is 0. The molecule has 0 aliphatic rings. The van der Waals surface area contributed by atoms with E-state index in [2.05, 4.69) is 4.74 Å². The summed E-state index contributed by atoms with van der Waals surface area (Å²) >= 11 is 0. The first-order chi connectivity index (χ1) is 6.31. The molecule has 1 aromatic rings. The summed E-state index contributed by atoms with van der Waals surface area (Å²) in [6.07, 6.45) is -3.12. The zero-order chi connectivity index (χ0) is 10.9. The molecule has 0 bridgehead atoms. The Kier molecular flexibility index (Phi) is 2.79. The van der Waals surface area contributed by atoms with Crippen LogP contribution in [-0.2, 0) is 0 Å². The molecule has 0 heterocycles. The molecule has 0 amide bonds. The van der Waals surface area contributed by atoms with Crippen LogP contribution in [0.3, 0.4) is 0 Å². The van der Waals surface area contributed by atoms with Gasteiger partial charge in [0.05, 0.1) is 0 Å². The standard InChI is InChI=1S/C11H14F2O/c1-7-5-6-8(2)10(9(7)3)14-11(4,12)13/h5-6H,1-4H3. The first kappa shape index (κ1) is 11.0. The minimum absolute atomic E-state index is 0.289. The zero-order valence-corrected chi connectivity index (χ0v) is 8.82. The van der Waals surface area contributed by atoms with Gasteiger partial charge in [-0.3, -0.25) is 0 Å². The predicted octanol–water partition coefficient (Wildman–Crippen LogP) is 3.60. The Morgan fingerprint density at radius 3 is 2.07 bits per heavy atom. The quantitative estimate of drug-likeness (QED) is 0.708. The van der Waals surface area contributed by atoms with Crippen LogP contribution in [0.1, 0.15) is 23.6 Å². The van der Waals surface area contributed by atoms with Crippen LogP contribution >= 0.6 is 0 Å². The molecule has 1 nitrogen and oxygen atoms in total. The molecule has 0 N–H and O–H groups in total. The number of ether oxygens (including phenoxy) is 1. The molecule has 0 saturated heterocycles. The smallest absolute Gasteiger partial charge is 0.394 e. The van der Waals surface area contributed by atoms with Crippen molar-refractivity contribution < 1.29 is 13.5 Å². The van der Waals surface area contributed by atoms with Crippen molar-refractivity contribution in [3.8, 4) is 5.75 Å². The SMILES string of the molecule is Cc1ccc(C)c(OC(C)(F)F)c1C. The van der Waals surface area contributed by atoms with Crippen molar-refractivity contribution in [2.24, 2.45) is 0 Å². The highest BCUT2D eigenvalue weighted by Gasteiger charge is 2.25. The Morgan fingerprint density at radius 2 is 1.57 bits per heavy atom. The van der Waals surface area contributed by atoms with E-state index in [0.29, 0.717) is 0 Å². The van der Waals surface area contributed by atoms with E-state index in [0.717, 1.165) is 23.6 Å². The van der Waals surface area contributed by atoms with Crippen molar-refractivity contribution in [3.05, 3.63) is 28.8 Å². The van der Waals surface area contributed by atoms with E-state index >= 15 is 0 Å². The summed E-state index contributed by atoms with van der Waals surface area (Å²) in [6.45, 7) is 6.15. The first-order valence-corrected chi connectivity index (χ1v) is 4.45. The number of halogens is 2. The Bertz CT molecular complexity index is 340. The second-order valence-corrected chi connectivity index (χ2v) is 3.56. The van der Waals surface area contributed by atoms with E-state index in [-0.39, 0.29) is 5.75 Å². The molecule has 0 unspecified atom stereocenters. The highest BCUT2D eigenvalue weighted by Crippen LogP contribution is 2.30. The third-order valence-electron chi connectivity index (χ3n) is 2.15. The predicted molar refractivity (Wildman–Crippen MR) is 51.9 cm³/mol. The largest absolute Gasteiger partial charge is 0.432 e. The lowest BCUT2D eigenvalue weighted by molar-refractivity contribution is -0.159. The van der Waals surface area contributed by atoms with Gasteiger partial charge in [0.2, 0.25) is 0 Å². The van der Waals surface area contributed by atoms with Crippen LogP contribution < -0.4 is 4.74 Å². The molecule has 0 aliphatic carbocycles. The van der Waals surface area contributed by atoms with Gasteiger partial charge in [0.15, 0.2) is 0 Å². The van der Waals surface area contributed by atoms with Gasteiger partial charge in [0.1, 0.15) is 5.75 Å². The fraction of sp³-hybridized carbons (Fsp3) is 0.455. The van der Waals surface area contributed by atoms with E-state index in [9.17, 15) is 8.78 Å². The number of alkyl halides is 2. The molecule has 1 rings (SSSR count). The van der Waals surface area contributed by atoms with Crippen molar-refractivity contribution in [2.45, 2.75) is 33.8 Å². The molecule has 0 fully saturated rings. The van der Waals surface area contributed by atoms with Crippen LogP contribution in [-0.4, -0.2) is 6.11 Å². The van der Waals surface area contributed by atoms with Gasteiger partial charge < -0.3 is 4.74 Å². The highest BCUT2D eigenvalue weighted by atomic mass is 19.3. The molecular formula is C11H14F2O. The van der Waals surface area contributed by atoms with E-state index < -0.39 is 6.11 Å². The van der Waals surface area contributed by atoms with Crippen LogP contribution in [0.5, 0.6) is 5.75 Å². The molecule has 0 aromatic heterocycles. The Balaban J connectivity index is 3.13. The average Bonchev–Trinajstić information content (AvgIpc) is 2.04. The molecule has 1 aromatic carbocycles.